The molecule has 0 aromatic heterocycles. The van der Waals surface area contributed by atoms with Gasteiger partial charge in [-0.25, -0.2) is 4.39 Å². The second kappa shape index (κ2) is 10.3. The Hall–Kier alpha value is -2.69. The summed E-state index contributed by atoms with van der Waals surface area (Å²) in [6.45, 7) is 1.68. The number of benzene rings is 1. The first-order chi connectivity index (χ1) is 9.58. The molecule has 0 saturated heterocycles. The van der Waals surface area contributed by atoms with E-state index in [0.717, 1.165) is 5.56 Å². The van der Waals surface area contributed by atoms with Gasteiger partial charge in [0.1, 0.15) is 12.4 Å². The lowest BCUT2D eigenvalue weighted by Crippen LogP contribution is -2.29. The van der Waals surface area contributed by atoms with E-state index in [1.807, 2.05) is 6.92 Å². The van der Waals surface area contributed by atoms with Crippen molar-refractivity contribution in [2.45, 2.75) is 19.4 Å². The number of carbonyl (C=O) groups is 1. The lowest BCUT2D eigenvalue weighted by molar-refractivity contribution is -0.191. The zero-order chi connectivity index (χ0) is 15.4. The molecule has 0 aliphatic heterocycles. The summed E-state index contributed by atoms with van der Waals surface area (Å²) >= 11 is 0. The third-order valence-corrected chi connectivity index (χ3v) is 2.29. The summed E-state index contributed by atoms with van der Waals surface area (Å²) in [5.41, 5.74) is 8.91. The molecule has 20 heavy (non-hydrogen) atoms. The molecule has 0 fully saturated rings. The fraction of sp³-hybridized carbons (Fsp3) is 0.333. The summed E-state index contributed by atoms with van der Waals surface area (Å²) < 4.78 is 12.7. The Labute approximate surface area is 114 Å². The molecule has 0 aliphatic carbocycles. The molecule has 1 rings (SSSR count). The Balaban J connectivity index is 0.00000110. The van der Waals surface area contributed by atoms with E-state index < -0.39 is 0 Å². The van der Waals surface area contributed by atoms with Crippen molar-refractivity contribution in [1.82, 2.24) is 5.32 Å². The smallest absolute Gasteiger partial charge is 0.349 e. The Morgan fingerprint density at radius 1 is 1.45 bits per heavy atom. The molecular formula is C12H13FN4O3. The van der Waals surface area contributed by atoms with Gasteiger partial charge in [0.05, 0.1) is 6.04 Å². The number of nitrogens with zero attached hydrogens (tertiary/aromatic N) is 3. The second-order valence-corrected chi connectivity index (χ2v) is 3.55. The number of amides is 1. The average molecular weight is 280 g/mol. The van der Waals surface area contributed by atoms with E-state index >= 15 is 0 Å². The molecule has 1 aromatic rings. The molecule has 1 amide bonds. The maximum Gasteiger partial charge on any atom is 0.373 e. The van der Waals surface area contributed by atoms with Crippen LogP contribution in [0, 0.1) is 5.82 Å². The van der Waals surface area contributed by atoms with Gasteiger partial charge in [0.2, 0.25) is 5.91 Å². The summed E-state index contributed by atoms with van der Waals surface area (Å²) in [6.07, 6.45) is 0.924. The first-order valence-corrected chi connectivity index (χ1v) is 5.64. The molecule has 106 valence electrons. The van der Waals surface area contributed by atoms with E-state index in [4.69, 9.17) is 15.1 Å². The normalized spacial score (nSPS) is 10.1. The van der Waals surface area contributed by atoms with Crippen molar-refractivity contribution in [2.24, 2.45) is 5.11 Å². The van der Waals surface area contributed by atoms with Crippen LogP contribution in [0.25, 0.3) is 10.4 Å². The molecule has 0 radical (unpaired) electrons. The largest absolute Gasteiger partial charge is 0.373 e. The summed E-state index contributed by atoms with van der Waals surface area (Å²) in [5.74, 6) is -0.664. The summed E-state index contributed by atoms with van der Waals surface area (Å²) in [5, 5.41) is 5.89. The highest BCUT2D eigenvalue weighted by atomic mass is 19.1. The van der Waals surface area contributed by atoms with Crippen LogP contribution in [-0.2, 0) is 14.4 Å². The van der Waals surface area contributed by atoms with Gasteiger partial charge in [0, 0.05) is 4.91 Å². The highest BCUT2D eigenvalue weighted by Gasteiger charge is 2.11. The predicted molar refractivity (Wildman–Crippen MR) is 66.6 cm³/mol. The number of hydrogen-bond donors (Lipinski definition) is 1. The van der Waals surface area contributed by atoms with Gasteiger partial charge in [0.15, 0.2) is 0 Å². The van der Waals surface area contributed by atoms with E-state index in [-0.39, 0.29) is 30.5 Å². The van der Waals surface area contributed by atoms with Gasteiger partial charge >= 0.3 is 6.15 Å². The van der Waals surface area contributed by atoms with Crippen molar-refractivity contribution in [2.75, 3.05) is 6.54 Å². The third kappa shape index (κ3) is 6.90. The molecule has 1 aromatic carbocycles. The molecule has 0 spiro atoms. The van der Waals surface area contributed by atoms with Crippen molar-refractivity contribution < 1.29 is 18.8 Å². The first kappa shape index (κ1) is 17.3. The summed E-state index contributed by atoms with van der Waals surface area (Å²) in [4.78, 5) is 30.1. The van der Waals surface area contributed by atoms with E-state index in [0.29, 0.717) is 6.42 Å². The summed E-state index contributed by atoms with van der Waals surface area (Å²) in [7, 11) is 0. The highest BCUT2D eigenvalue weighted by molar-refractivity contribution is 5.78. The number of azide groups is 1. The lowest BCUT2D eigenvalue weighted by Gasteiger charge is -2.16. The fourth-order valence-corrected chi connectivity index (χ4v) is 1.45. The van der Waals surface area contributed by atoms with Crippen LogP contribution in [0.15, 0.2) is 29.4 Å². The standard InChI is InChI=1S/C11H13FN4O.CO2/c1-2-10(15-11(17)7-14-16-13)8-3-5-9(12)6-4-8;2-1-3/h3-6,10H,2,7H2,1H3,(H,15,17);/t10-;/m0./s1. The maximum absolute atomic E-state index is 12.7. The van der Waals surface area contributed by atoms with Gasteiger partial charge in [-0.15, -0.1) is 0 Å². The monoisotopic (exact) mass is 280 g/mol. The van der Waals surface area contributed by atoms with E-state index in [2.05, 4.69) is 15.3 Å². The fourth-order valence-electron chi connectivity index (χ4n) is 1.45. The van der Waals surface area contributed by atoms with Crippen molar-refractivity contribution >= 4 is 12.1 Å². The van der Waals surface area contributed by atoms with E-state index in [9.17, 15) is 9.18 Å². The lowest BCUT2D eigenvalue weighted by atomic mass is 10.0. The van der Waals surface area contributed by atoms with Crippen molar-refractivity contribution in [1.29, 1.82) is 0 Å². The molecule has 0 aliphatic rings. The maximum atomic E-state index is 12.7. The number of rotatable bonds is 5. The zero-order valence-electron chi connectivity index (χ0n) is 10.7. The Kier molecular flexibility index (Phi) is 8.87. The van der Waals surface area contributed by atoms with Crippen LogP contribution in [0.3, 0.4) is 0 Å². The van der Waals surface area contributed by atoms with Gasteiger partial charge in [-0.2, -0.15) is 9.59 Å². The molecule has 0 unspecified atom stereocenters. The highest BCUT2D eigenvalue weighted by Crippen LogP contribution is 2.16. The molecule has 1 N–H and O–H groups in total. The van der Waals surface area contributed by atoms with E-state index in [1.54, 1.807) is 12.1 Å². The minimum atomic E-state index is -0.348. The number of hydrogen-bond acceptors (Lipinski definition) is 4. The minimum Gasteiger partial charge on any atom is -0.349 e. The quantitative estimate of drug-likeness (QED) is 0.506. The van der Waals surface area contributed by atoms with Gasteiger partial charge < -0.3 is 5.32 Å². The second-order valence-electron chi connectivity index (χ2n) is 3.55. The van der Waals surface area contributed by atoms with Crippen molar-refractivity contribution in [3.05, 3.63) is 46.1 Å². The topological polar surface area (TPSA) is 112 Å². The van der Waals surface area contributed by atoms with E-state index in [1.165, 1.54) is 12.1 Å². The molecule has 8 heteroatoms. The van der Waals surface area contributed by atoms with Crippen LogP contribution in [0.1, 0.15) is 24.9 Å². The van der Waals surface area contributed by atoms with Crippen molar-refractivity contribution in [3.63, 3.8) is 0 Å². The Bertz CT molecular complexity index is 506. The first-order valence-electron chi connectivity index (χ1n) is 5.64. The number of carbonyl (C=O) groups excluding carboxylic acids is 3. The summed E-state index contributed by atoms with van der Waals surface area (Å²) in [6, 6.07) is 5.74. The molecule has 1 atom stereocenters. The SMILES string of the molecule is CC[C@H](NC(=O)CN=[N+]=[N-])c1ccc(F)cc1.O=C=O. The molecule has 0 bridgehead atoms. The van der Waals surface area contributed by atoms with Crippen LogP contribution in [0.4, 0.5) is 4.39 Å². The van der Waals surface area contributed by atoms with Crippen LogP contribution < -0.4 is 5.32 Å². The number of halogens is 1. The van der Waals surface area contributed by atoms with Crippen LogP contribution in [-0.4, -0.2) is 18.6 Å². The zero-order valence-corrected chi connectivity index (χ0v) is 10.7. The molecular weight excluding hydrogens is 267 g/mol. The minimum absolute atomic E-state index is 0.197. The van der Waals surface area contributed by atoms with Gasteiger partial charge in [-0.1, -0.05) is 24.2 Å². The van der Waals surface area contributed by atoms with Crippen LogP contribution in [0.5, 0.6) is 0 Å². The Morgan fingerprint density at radius 3 is 2.45 bits per heavy atom. The molecule has 7 nitrogen and oxygen atoms in total. The predicted octanol–water partition coefficient (Wildman–Crippen LogP) is 2.12. The van der Waals surface area contributed by atoms with Gasteiger partial charge in [-0.05, 0) is 29.6 Å². The molecule has 0 saturated carbocycles. The average Bonchev–Trinajstić information content (AvgIpc) is 2.44. The third-order valence-electron chi connectivity index (χ3n) is 2.29. The molecule has 0 heterocycles. The Morgan fingerprint density at radius 2 is 2.00 bits per heavy atom. The van der Waals surface area contributed by atoms with Gasteiger partial charge in [0.25, 0.3) is 0 Å². The van der Waals surface area contributed by atoms with Gasteiger partial charge in [-0.3, -0.25) is 4.79 Å². The van der Waals surface area contributed by atoms with Crippen molar-refractivity contribution in [3.8, 4) is 0 Å². The van der Waals surface area contributed by atoms with Crippen LogP contribution in [0.2, 0.25) is 0 Å². The number of nitrogens with one attached hydrogen (secondary N) is 1. The van der Waals surface area contributed by atoms with Crippen LogP contribution >= 0.6 is 0 Å².